The molecule has 0 atom stereocenters. The standard InChI is InChI=1S/C9H7N3OS/c13-10-6-8-11-9(12-14-8)7-4-2-1-3-5-7/h1-6,13H/b10-6-. The van der Waals surface area contributed by atoms with E-state index in [1.807, 2.05) is 30.3 Å². The number of rotatable bonds is 2. The van der Waals surface area contributed by atoms with E-state index in [4.69, 9.17) is 5.21 Å². The van der Waals surface area contributed by atoms with Crippen LogP contribution >= 0.6 is 11.5 Å². The normalized spacial score (nSPS) is 10.9. The van der Waals surface area contributed by atoms with Crippen LogP contribution < -0.4 is 0 Å². The molecular formula is C9H7N3OS. The molecule has 0 saturated carbocycles. The van der Waals surface area contributed by atoms with E-state index in [1.54, 1.807) is 0 Å². The second-order valence-electron chi connectivity index (χ2n) is 2.57. The third kappa shape index (κ3) is 1.77. The molecular weight excluding hydrogens is 198 g/mol. The molecule has 1 aromatic carbocycles. The Kier molecular flexibility index (Phi) is 2.51. The van der Waals surface area contributed by atoms with Crippen LogP contribution in [-0.4, -0.2) is 20.8 Å². The maximum Gasteiger partial charge on any atom is 0.173 e. The molecule has 4 nitrogen and oxygen atoms in total. The summed E-state index contributed by atoms with van der Waals surface area (Å²) < 4.78 is 4.13. The maximum absolute atomic E-state index is 8.31. The Bertz CT molecular complexity index is 438. The van der Waals surface area contributed by atoms with Gasteiger partial charge >= 0.3 is 0 Å². The summed E-state index contributed by atoms with van der Waals surface area (Å²) in [5.41, 5.74) is 0.960. The molecule has 1 heterocycles. The van der Waals surface area contributed by atoms with Crippen LogP contribution in [-0.2, 0) is 0 Å². The van der Waals surface area contributed by atoms with E-state index < -0.39 is 0 Å². The zero-order chi connectivity index (χ0) is 9.80. The Hall–Kier alpha value is -1.75. The van der Waals surface area contributed by atoms with Crippen LogP contribution in [0, 0.1) is 0 Å². The molecule has 14 heavy (non-hydrogen) atoms. The Morgan fingerprint density at radius 1 is 1.29 bits per heavy atom. The van der Waals surface area contributed by atoms with Crippen LogP contribution in [0.2, 0.25) is 0 Å². The molecule has 0 radical (unpaired) electrons. The van der Waals surface area contributed by atoms with Crippen molar-refractivity contribution in [2.45, 2.75) is 0 Å². The minimum atomic E-state index is 0.589. The minimum absolute atomic E-state index is 0.589. The van der Waals surface area contributed by atoms with Crippen molar-refractivity contribution < 1.29 is 5.21 Å². The highest BCUT2D eigenvalue weighted by atomic mass is 32.1. The van der Waals surface area contributed by atoms with E-state index in [9.17, 15) is 0 Å². The predicted octanol–water partition coefficient (Wildman–Crippen LogP) is 2.01. The Balaban J connectivity index is 2.34. The molecule has 0 spiro atoms. The van der Waals surface area contributed by atoms with Crippen molar-refractivity contribution in [3.63, 3.8) is 0 Å². The highest BCUT2D eigenvalue weighted by molar-refractivity contribution is 7.07. The van der Waals surface area contributed by atoms with Gasteiger partial charge in [0.25, 0.3) is 0 Å². The van der Waals surface area contributed by atoms with Crippen molar-refractivity contribution in [2.24, 2.45) is 5.16 Å². The lowest BCUT2D eigenvalue weighted by Crippen LogP contribution is -1.81. The summed E-state index contributed by atoms with van der Waals surface area (Å²) in [4.78, 5) is 4.17. The molecule has 0 bridgehead atoms. The zero-order valence-electron chi connectivity index (χ0n) is 7.16. The number of nitrogens with zero attached hydrogens (tertiary/aromatic N) is 3. The van der Waals surface area contributed by atoms with E-state index >= 15 is 0 Å². The largest absolute Gasteiger partial charge is 0.411 e. The smallest absolute Gasteiger partial charge is 0.173 e. The molecule has 2 aromatic rings. The van der Waals surface area contributed by atoms with Crippen molar-refractivity contribution in [3.8, 4) is 11.4 Å². The average molecular weight is 205 g/mol. The fourth-order valence-electron chi connectivity index (χ4n) is 1.04. The quantitative estimate of drug-likeness (QED) is 0.463. The Labute approximate surface area is 84.7 Å². The monoisotopic (exact) mass is 205 g/mol. The Morgan fingerprint density at radius 3 is 2.79 bits per heavy atom. The minimum Gasteiger partial charge on any atom is -0.411 e. The van der Waals surface area contributed by atoms with Crippen molar-refractivity contribution in [1.29, 1.82) is 0 Å². The molecule has 0 aliphatic rings. The molecule has 2 rings (SSSR count). The van der Waals surface area contributed by atoms with E-state index in [0.29, 0.717) is 10.8 Å². The summed E-state index contributed by atoms with van der Waals surface area (Å²) in [6, 6.07) is 9.65. The molecule has 1 N–H and O–H groups in total. The lowest BCUT2D eigenvalue weighted by molar-refractivity contribution is 0.322. The predicted molar refractivity (Wildman–Crippen MR) is 54.7 cm³/mol. The van der Waals surface area contributed by atoms with Gasteiger partial charge in [-0.2, -0.15) is 4.37 Å². The molecule has 5 heteroatoms. The lowest BCUT2D eigenvalue weighted by Gasteiger charge is -1.91. The first-order chi connectivity index (χ1) is 6.90. The van der Waals surface area contributed by atoms with Gasteiger partial charge in [-0.25, -0.2) is 4.98 Å². The van der Waals surface area contributed by atoms with Crippen LogP contribution in [0.15, 0.2) is 35.5 Å². The van der Waals surface area contributed by atoms with Crippen LogP contribution in [0.25, 0.3) is 11.4 Å². The summed E-state index contributed by atoms with van der Waals surface area (Å²) in [7, 11) is 0. The summed E-state index contributed by atoms with van der Waals surface area (Å²) in [6.07, 6.45) is 1.27. The van der Waals surface area contributed by atoms with Gasteiger partial charge in [0.05, 0.1) is 0 Å². The maximum atomic E-state index is 8.31. The fraction of sp³-hybridized carbons (Fsp3) is 0. The van der Waals surface area contributed by atoms with Crippen LogP contribution in [0.1, 0.15) is 5.01 Å². The average Bonchev–Trinajstić information content (AvgIpc) is 2.68. The Morgan fingerprint density at radius 2 is 2.07 bits per heavy atom. The van der Waals surface area contributed by atoms with Crippen LogP contribution in [0.5, 0.6) is 0 Å². The number of hydrogen-bond acceptors (Lipinski definition) is 5. The second kappa shape index (κ2) is 3.97. The lowest BCUT2D eigenvalue weighted by atomic mass is 10.2. The first kappa shape index (κ1) is 8.83. The van der Waals surface area contributed by atoms with E-state index in [-0.39, 0.29) is 0 Å². The summed E-state index contributed by atoms with van der Waals surface area (Å²) in [5, 5.41) is 11.8. The van der Waals surface area contributed by atoms with Gasteiger partial charge in [0, 0.05) is 5.56 Å². The third-order valence-corrected chi connectivity index (χ3v) is 2.29. The van der Waals surface area contributed by atoms with E-state index in [2.05, 4.69) is 14.5 Å². The number of oxime groups is 1. The fourth-order valence-corrected chi connectivity index (χ4v) is 1.59. The van der Waals surface area contributed by atoms with Crippen LogP contribution in [0.4, 0.5) is 0 Å². The molecule has 0 fully saturated rings. The highest BCUT2D eigenvalue weighted by Gasteiger charge is 2.03. The van der Waals surface area contributed by atoms with Gasteiger partial charge in [-0.05, 0) is 11.5 Å². The number of hydrogen-bond donors (Lipinski definition) is 1. The first-order valence-electron chi connectivity index (χ1n) is 3.97. The van der Waals surface area contributed by atoms with Gasteiger partial charge in [0.1, 0.15) is 6.21 Å². The van der Waals surface area contributed by atoms with Crippen molar-refractivity contribution in [1.82, 2.24) is 9.36 Å². The van der Waals surface area contributed by atoms with Gasteiger partial charge in [0.15, 0.2) is 10.8 Å². The number of aromatic nitrogens is 2. The highest BCUT2D eigenvalue weighted by Crippen LogP contribution is 2.16. The summed E-state index contributed by atoms with van der Waals surface area (Å²) in [5.74, 6) is 0.658. The molecule has 0 aliphatic heterocycles. The van der Waals surface area contributed by atoms with Gasteiger partial charge < -0.3 is 5.21 Å². The van der Waals surface area contributed by atoms with Crippen molar-refractivity contribution >= 4 is 17.7 Å². The van der Waals surface area contributed by atoms with Crippen molar-refractivity contribution in [3.05, 3.63) is 35.3 Å². The van der Waals surface area contributed by atoms with E-state index in [1.165, 1.54) is 17.7 Å². The van der Waals surface area contributed by atoms with Gasteiger partial charge in [-0.3, -0.25) is 0 Å². The topological polar surface area (TPSA) is 58.4 Å². The van der Waals surface area contributed by atoms with Gasteiger partial charge in [0.2, 0.25) is 0 Å². The third-order valence-electron chi connectivity index (χ3n) is 1.64. The molecule has 0 amide bonds. The summed E-state index contributed by atoms with van der Waals surface area (Å²) >= 11 is 1.20. The summed E-state index contributed by atoms with van der Waals surface area (Å²) in [6.45, 7) is 0. The van der Waals surface area contributed by atoms with Crippen molar-refractivity contribution in [2.75, 3.05) is 0 Å². The molecule has 1 aromatic heterocycles. The number of benzene rings is 1. The molecule has 0 unspecified atom stereocenters. The zero-order valence-corrected chi connectivity index (χ0v) is 7.98. The molecule has 0 saturated heterocycles. The first-order valence-corrected chi connectivity index (χ1v) is 4.74. The molecule has 70 valence electrons. The van der Waals surface area contributed by atoms with Crippen LogP contribution in [0.3, 0.4) is 0 Å². The SMILES string of the molecule is O/N=C\c1nc(-c2ccccc2)ns1. The van der Waals surface area contributed by atoms with E-state index in [0.717, 1.165) is 5.56 Å². The van der Waals surface area contributed by atoms with Gasteiger partial charge in [-0.15, -0.1) is 0 Å². The van der Waals surface area contributed by atoms with Gasteiger partial charge in [-0.1, -0.05) is 35.5 Å². The second-order valence-corrected chi connectivity index (χ2v) is 3.35. The molecule has 0 aliphatic carbocycles.